The quantitative estimate of drug-likeness (QED) is 0.395. The Hall–Kier alpha value is -1.82. The molecular weight excluding hydrogens is 593 g/mol. The lowest BCUT2D eigenvalue weighted by Gasteiger charge is -2.48. The van der Waals surface area contributed by atoms with E-state index in [-0.39, 0.29) is 36.0 Å². The third kappa shape index (κ3) is 7.68. The van der Waals surface area contributed by atoms with Crippen LogP contribution in [0.25, 0.3) is 0 Å². The maximum absolute atomic E-state index is 13.1. The van der Waals surface area contributed by atoms with Crippen LogP contribution in [0.4, 0.5) is 14.5 Å². The van der Waals surface area contributed by atoms with Crippen LogP contribution >= 0.6 is 48.3 Å². The summed E-state index contributed by atoms with van der Waals surface area (Å²) in [6.07, 6.45) is -1.05. The second-order valence-corrected chi connectivity index (χ2v) is 11.1. The Morgan fingerprint density at radius 1 is 1.08 bits per heavy atom. The third-order valence-corrected chi connectivity index (χ3v) is 7.77. The lowest BCUT2D eigenvalue weighted by molar-refractivity contribution is -0.152. The van der Waals surface area contributed by atoms with Gasteiger partial charge < -0.3 is 20.6 Å². The number of anilines is 1. The predicted molar refractivity (Wildman–Crippen MR) is 155 cm³/mol. The normalized spacial score (nSPS) is 18.2. The number of benzene rings is 2. The van der Waals surface area contributed by atoms with Crippen molar-refractivity contribution in [1.29, 1.82) is 0 Å². The fourth-order valence-corrected chi connectivity index (χ4v) is 5.68. The van der Waals surface area contributed by atoms with E-state index in [9.17, 15) is 23.5 Å². The zero-order valence-corrected chi connectivity index (χ0v) is 24.5. The Bertz CT molecular complexity index is 1170. The van der Waals surface area contributed by atoms with Gasteiger partial charge in [-0.05, 0) is 61.7 Å². The van der Waals surface area contributed by atoms with Crippen molar-refractivity contribution >= 4 is 65.8 Å². The molecule has 7 nitrogen and oxygen atoms in total. The highest BCUT2D eigenvalue weighted by atomic mass is 35.5. The number of alkyl halides is 2. The summed E-state index contributed by atoms with van der Waals surface area (Å²) in [6.45, 7) is 3.43. The number of rotatable bonds is 8. The number of carbonyl (C=O) groups is 2. The first-order chi connectivity index (χ1) is 17.9. The molecular formula is C26H31Cl3F2N4O3S. The molecule has 0 aromatic heterocycles. The van der Waals surface area contributed by atoms with E-state index >= 15 is 0 Å². The number of carbonyl (C=O) groups excluding carboxylic acids is 2. The highest BCUT2D eigenvalue weighted by Crippen LogP contribution is 2.31. The van der Waals surface area contributed by atoms with Crippen LogP contribution in [0.5, 0.6) is 0 Å². The van der Waals surface area contributed by atoms with Crippen molar-refractivity contribution in [3.05, 3.63) is 62.6 Å². The smallest absolute Gasteiger partial charge is 0.258 e. The molecule has 2 heterocycles. The topological polar surface area (TPSA) is 84.9 Å². The van der Waals surface area contributed by atoms with Crippen molar-refractivity contribution in [3.8, 4) is 0 Å². The van der Waals surface area contributed by atoms with Crippen LogP contribution in [-0.2, 0) is 10.4 Å². The Morgan fingerprint density at radius 2 is 1.69 bits per heavy atom. The molecule has 2 saturated heterocycles. The maximum atomic E-state index is 13.1. The fourth-order valence-electron chi connectivity index (χ4n) is 4.89. The van der Waals surface area contributed by atoms with Gasteiger partial charge in [-0.3, -0.25) is 14.5 Å². The SMILES string of the molecule is C[C@@](O)(C(=O)N1CCC(N2CC(Nc3ccc(C(=O)NCC(F)F)c(Cl)c3)C2)CC1)c1cc(Cl)cc(Cl)c1.S. The summed E-state index contributed by atoms with van der Waals surface area (Å²) >= 11 is 18.3. The Morgan fingerprint density at radius 3 is 2.26 bits per heavy atom. The van der Waals surface area contributed by atoms with Crippen LogP contribution in [0.3, 0.4) is 0 Å². The number of nitrogens with zero attached hydrogens (tertiary/aromatic N) is 2. The van der Waals surface area contributed by atoms with Crippen molar-refractivity contribution in [3.63, 3.8) is 0 Å². The van der Waals surface area contributed by atoms with Crippen LogP contribution in [0.15, 0.2) is 36.4 Å². The molecule has 0 bridgehead atoms. The number of nitrogens with one attached hydrogen (secondary N) is 2. The minimum absolute atomic E-state index is 0. The maximum Gasteiger partial charge on any atom is 0.258 e. The van der Waals surface area contributed by atoms with Gasteiger partial charge in [0.25, 0.3) is 18.2 Å². The zero-order valence-electron chi connectivity index (χ0n) is 21.2. The number of piperidine rings is 1. The summed E-state index contributed by atoms with van der Waals surface area (Å²) < 4.78 is 24.6. The monoisotopic (exact) mass is 622 g/mol. The van der Waals surface area contributed by atoms with Gasteiger partial charge in [0.05, 0.1) is 23.2 Å². The van der Waals surface area contributed by atoms with Crippen molar-refractivity contribution < 1.29 is 23.5 Å². The van der Waals surface area contributed by atoms with E-state index in [0.29, 0.717) is 34.7 Å². The predicted octanol–water partition coefficient (Wildman–Crippen LogP) is 4.75. The van der Waals surface area contributed by atoms with E-state index in [0.717, 1.165) is 31.6 Å². The summed E-state index contributed by atoms with van der Waals surface area (Å²) in [5.74, 6) is -1.01. The van der Waals surface area contributed by atoms with Crippen LogP contribution in [0, 0.1) is 0 Å². The molecule has 1 atom stereocenters. The highest BCUT2D eigenvalue weighted by Gasteiger charge is 2.40. The molecule has 2 aliphatic rings. The molecule has 3 N–H and O–H groups in total. The lowest BCUT2D eigenvalue weighted by Crippen LogP contribution is -2.61. The molecule has 2 aliphatic heterocycles. The molecule has 39 heavy (non-hydrogen) atoms. The van der Waals surface area contributed by atoms with Gasteiger partial charge in [0.1, 0.15) is 0 Å². The van der Waals surface area contributed by atoms with Gasteiger partial charge in [-0.1, -0.05) is 34.8 Å². The van der Waals surface area contributed by atoms with E-state index in [2.05, 4.69) is 15.5 Å². The Balaban J connectivity index is 0.00000420. The third-order valence-electron chi connectivity index (χ3n) is 7.02. The second kappa shape index (κ2) is 13.2. The first-order valence-corrected chi connectivity index (χ1v) is 13.4. The Kier molecular flexibility index (Phi) is 10.8. The fraction of sp³-hybridized carbons (Fsp3) is 0.462. The van der Waals surface area contributed by atoms with Gasteiger partial charge in [0.15, 0.2) is 5.60 Å². The molecule has 0 aliphatic carbocycles. The number of amides is 2. The average Bonchev–Trinajstić information content (AvgIpc) is 2.83. The van der Waals surface area contributed by atoms with Crippen molar-refractivity contribution in [1.82, 2.24) is 15.1 Å². The summed E-state index contributed by atoms with van der Waals surface area (Å²) in [7, 11) is 0. The Labute approximate surface area is 248 Å². The largest absolute Gasteiger partial charge is 0.380 e. The van der Waals surface area contributed by atoms with Gasteiger partial charge in [-0.25, -0.2) is 8.78 Å². The van der Waals surface area contributed by atoms with Crippen molar-refractivity contribution in [2.45, 2.75) is 43.9 Å². The van der Waals surface area contributed by atoms with Crippen LogP contribution in [-0.4, -0.2) is 78.0 Å². The molecule has 0 spiro atoms. The number of likely N-dealkylation sites (tertiary alicyclic amines) is 2. The molecule has 2 aromatic rings. The molecule has 0 unspecified atom stereocenters. The van der Waals surface area contributed by atoms with Gasteiger partial charge in [-0.15, -0.1) is 0 Å². The minimum atomic E-state index is -2.63. The van der Waals surface area contributed by atoms with E-state index in [1.807, 2.05) is 0 Å². The van der Waals surface area contributed by atoms with E-state index in [1.165, 1.54) is 13.0 Å². The highest BCUT2D eigenvalue weighted by molar-refractivity contribution is 7.59. The van der Waals surface area contributed by atoms with Gasteiger partial charge >= 0.3 is 0 Å². The first kappa shape index (κ1) is 31.7. The molecule has 4 rings (SSSR count). The van der Waals surface area contributed by atoms with E-state index < -0.39 is 24.5 Å². The minimum Gasteiger partial charge on any atom is -0.380 e. The van der Waals surface area contributed by atoms with E-state index in [1.54, 1.807) is 35.2 Å². The number of hydrogen-bond donors (Lipinski definition) is 3. The first-order valence-electron chi connectivity index (χ1n) is 12.3. The standard InChI is InChI=1S/C26H29Cl3F2N4O3.H2S/c1-26(38,15-8-16(27)10-17(28)9-15)25(37)34-6-4-20(5-7-34)35-13-19(14-35)33-18-2-3-21(22(29)11-18)24(36)32-12-23(30)31;/h2-3,8-11,19-20,23,33,38H,4-7,12-14H2,1H3,(H,32,36);1H2/t26-;/m0./s1. The van der Waals surface area contributed by atoms with E-state index in [4.69, 9.17) is 34.8 Å². The van der Waals surface area contributed by atoms with Crippen molar-refractivity contribution in [2.24, 2.45) is 0 Å². The second-order valence-electron chi connectivity index (χ2n) is 9.84. The number of aliphatic hydroxyl groups is 1. The molecule has 2 fully saturated rings. The van der Waals surface area contributed by atoms with Crippen molar-refractivity contribution in [2.75, 3.05) is 38.0 Å². The molecule has 214 valence electrons. The summed E-state index contributed by atoms with van der Waals surface area (Å²) in [5, 5.41) is 17.4. The van der Waals surface area contributed by atoms with Gasteiger partial charge in [-0.2, -0.15) is 13.5 Å². The average molecular weight is 624 g/mol. The zero-order chi connectivity index (χ0) is 27.6. The number of halogens is 5. The molecule has 0 saturated carbocycles. The van der Waals surface area contributed by atoms with Crippen LogP contribution < -0.4 is 10.6 Å². The number of hydrogen-bond acceptors (Lipinski definition) is 5. The summed E-state index contributed by atoms with van der Waals surface area (Å²) in [6, 6.07) is 10.0. The van der Waals surface area contributed by atoms with Crippen LogP contribution in [0.2, 0.25) is 15.1 Å². The van der Waals surface area contributed by atoms with Gasteiger partial charge in [0, 0.05) is 48.0 Å². The lowest BCUT2D eigenvalue weighted by atomic mass is 9.92. The summed E-state index contributed by atoms with van der Waals surface area (Å²) in [4.78, 5) is 29.1. The molecule has 0 radical (unpaired) electrons. The molecule has 2 amide bonds. The molecule has 2 aromatic carbocycles. The van der Waals surface area contributed by atoms with Crippen LogP contribution in [0.1, 0.15) is 35.7 Å². The molecule has 13 heteroatoms. The van der Waals surface area contributed by atoms with Gasteiger partial charge in [0.2, 0.25) is 0 Å². The summed E-state index contributed by atoms with van der Waals surface area (Å²) in [5.41, 5.74) is -0.477.